The highest BCUT2D eigenvalue weighted by atomic mass is 16.1. The van der Waals surface area contributed by atoms with E-state index >= 15 is 0 Å². The van der Waals surface area contributed by atoms with Crippen LogP contribution in [0.2, 0.25) is 0 Å². The molecule has 1 aromatic rings. The van der Waals surface area contributed by atoms with Crippen molar-refractivity contribution in [2.45, 2.75) is 33.4 Å². The van der Waals surface area contributed by atoms with E-state index < -0.39 is 0 Å². The van der Waals surface area contributed by atoms with Crippen molar-refractivity contribution < 1.29 is 4.79 Å². The fourth-order valence-electron chi connectivity index (χ4n) is 1.99. The third-order valence-electron chi connectivity index (χ3n) is 2.67. The van der Waals surface area contributed by atoms with Crippen molar-refractivity contribution in [1.29, 1.82) is 0 Å². The molecule has 1 aliphatic rings. The average Bonchev–Trinajstić information content (AvgIpc) is 2.53. The number of nitrogens with one attached hydrogen (secondary N) is 1. The molecule has 4 nitrogen and oxygen atoms in total. The maximum Gasteiger partial charge on any atom is 0.168 e. The number of hydrogen-bond donors (Lipinski definition) is 1. The number of hydrogen-bond acceptors (Lipinski definition) is 3. The Morgan fingerprint density at radius 1 is 1.60 bits per heavy atom. The van der Waals surface area contributed by atoms with Crippen molar-refractivity contribution in [1.82, 2.24) is 15.1 Å². The van der Waals surface area contributed by atoms with Gasteiger partial charge in [-0.1, -0.05) is 13.8 Å². The fraction of sp³-hybridized carbons (Fsp3) is 0.636. The van der Waals surface area contributed by atoms with Crippen LogP contribution in [0.25, 0.3) is 0 Å². The van der Waals surface area contributed by atoms with E-state index in [1.165, 1.54) is 0 Å². The minimum atomic E-state index is 0.512. The Labute approximate surface area is 89.7 Å². The van der Waals surface area contributed by atoms with Gasteiger partial charge in [-0.25, -0.2) is 0 Å². The lowest BCUT2D eigenvalue weighted by Crippen LogP contribution is -2.23. The molecule has 1 N–H and O–H groups in total. The van der Waals surface area contributed by atoms with Crippen LogP contribution in [-0.4, -0.2) is 22.6 Å². The summed E-state index contributed by atoms with van der Waals surface area (Å²) in [6.45, 7) is 6.83. The minimum absolute atomic E-state index is 0.512. The number of fused-ring (bicyclic) bond motifs is 1. The third-order valence-corrected chi connectivity index (χ3v) is 2.67. The lowest BCUT2D eigenvalue weighted by atomic mass is 10.1. The first-order chi connectivity index (χ1) is 7.22. The predicted molar refractivity (Wildman–Crippen MR) is 57.9 cm³/mol. The molecule has 0 aromatic carbocycles. The van der Waals surface area contributed by atoms with Gasteiger partial charge < -0.3 is 5.32 Å². The Kier molecular flexibility index (Phi) is 2.86. The molecular weight excluding hydrogens is 190 g/mol. The molecule has 1 aromatic heterocycles. The normalized spacial score (nSPS) is 15.4. The molecule has 0 radical (unpaired) electrons. The van der Waals surface area contributed by atoms with Gasteiger partial charge in [-0.3, -0.25) is 9.48 Å². The Hall–Kier alpha value is -1.16. The summed E-state index contributed by atoms with van der Waals surface area (Å²) >= 11 is 0. The molecule has 0 fully saturated rings. The van der Waals surface area contributed by atoms with Crippen LogP contribution in [-0.2, 0) is 19.5 Å². The fourth-order valence-corrected chi connectivity index (χ4v) is 1.99. The van der Waals surface area contributed by atoms with Crippen LogP contribution in [0, 0.1) is 5.92 Å². The number of aromatic nitrogens is 2. The van der Waals surface area contributed by atoms with E-state index in [0.717, 1.165) is 49.3 Å². The van der Waals surface area contributed by atoms with Gasteiger partial charge >= 0.3 is 0 Å². The Morgan fingerprint density at radius 3 is 3.07 bits per heavy atom. The first-order valence-corrected chi connectivity index (χ1v) is 5.46. The molecule has 0 saturated carbocycles. The standard InChI is InChI=1S/C11H17N3O/c1-8(2)6-14-11(7-15)9-5-12-4-3-10(9)13-14/h7-8,12H,3-6H2,1-2H3. The van der Waals surface area contributed by atoms with Gasteiger partial charge in [0.25, 0.3) is 0 Å². The first-order valence-electron chi connectivity index (χ1n) is 5.46. The SMILES string of the molecule is CC(C)Cn1nc2c(c1C=O)CNCC2. The predicted octanol–water partition coefficient (Wildman–Crippen LogP) is 0.997. The second-order valence-corrected chi connectivity index (χ2v) is 4.43. The number of aldehydes is 1. The van der Waals surface area contributed by atoms with Crippen molar-refractivity contribution in [2.24, 2.45) is 5.92 Å². The van der Waals surface area contributed by atoms with Gasteiger partial charge in [0, 0.05) is 31.6 Å². The lowest BCUT2D eigenvalue weighted by Gasteiger charge is -2.10. The zero-order valence-electron chi connectivity index (χ0n) is 9.29. The van der Waals surface area contributed by atoms with Crippen LogP contribution in [0.15, 0.2) is 0 Å². The number of nitrogens with zero attached hydrogens (tertiary/aromatic N) is 2. The number of rotatable bonds is 3. The molecule has 0 atom stereocenters. The summed E-state index contributed by atoms with van der Waals surface area (Å²) < 4.78 is 1.86. The van der Waals surface area contributed by atoms with Crippen molar-refractivity contribution in [3.05, 3.63) is 17.0 Å². The van der Waals surface area contributed by atoms with Gasteiger partial charge in [0.05, 0.1) is 5.69 Å². The van der Waals surface area contributed by atoms with Gasteiger partial charge in [0.15, 0.2) is 6.29 Å². The van der Waals surface area contributed by atoms with Gasteiger partial charge in [0.2, 0.25) is 0 Å². The zero-order valence-corrected chi connectivity index (χ0v) is 9.29. The Bertz CT molecular complexity index is 368. The van der Waals surface area contributed by atoms with Crippen molar-refractivity contribution >= 4 is 6.29 Å². The van der Waals surface area contributed by atoms with Crippen LogP contribution in [0.5, 0.6) is 0 Å². The molecule has 4 heteroatoms. The van der Waals surface area contributed by atoms with Crippen molar-refractivity contribution in [3.8, 4) is 0 Å². The second-order valence-electron chi connectivity index (χ2n) is 4.43. The van der Waals surface area contributed by atoms with E-state index in [0.29, 0.717) is 5.92 Å². The minimum Gasteiger partial charge on any atom is -0.312 e. The largest absolute Gasteiger partial charge is 0.312 e. The van der Waals surface area contributed by atoms with Crippen LogP contribution in [0.1, 0.15) is 35.6 Å². The molecule has 0 unspecified atom stereocenters. The van der Waals surface area contributed by atoms with Gasteiger partial charge in [0.1, 0.15) is 5.69 Å². The molecule has 0 aliphatic carbocycles. The summed E-state index contributed by atoms with van der Waals surface area (Å²) in [5.41, 5.74) is 2.94. The third kappa shape index (κ3) is 1.95. The van der Waals surface area contributed by atoms with E-state index in [2.05, 4.69) is 24.3 Å². The van der Waals surface area contributed by atoms with Crippen LogP contribution in [0.3, 0.4) is 0 Å². The first kappa shape index (κ1) is 10.4. The summed E-state index contributed by atoms with van der Waals surface area (Å²) in [7, 11) is 0. The highest BCUT2D eigenvalue weighted by molar-refractivity contribution is 5.75. The molecular formula is C11H17N3O. The highest BCUT2D eigenvalue weighted by Gasteiger charge is 2.19. The summed E-state index contributed by atoms with van der Waals surface area (Å²) in [5.74, 6) is 0.512. The Morgan fingerprint density at radius 2 is 2.40 bits per heavy atom. The molecule has 0 amide bonds. The van der Waals surface area contributed by atoms with E-state index in [4.69, 9.17) is 0 Å². The van der Waals surface area contributed by atoms with Crippen LogP contribution < -0.4 is 5.32 Å². The summed E-state index contributed by atoms with van der Waals surface area (Å²) in [6.07, 6.45) is 1.86. The Balaban J connectivity index is 2.37. The zero-order chi connectivity index (χ0) is 10.8. The monoisotopic (exact) mass is 207 g/mol. The van der Waals surface area contributed by atoms with Crippen LogP contribution >= 0.6 is 0 Å². The molecule has 1 aliphatic heterocycles. The van der Waals surface area contributed by atoms with Crippen molar-refractivity contribution in [3.63, 3.8) is 0 Å². The quantitative estimate of drug-likeness (QED) is 0.752. The molecule has 82 valence electrons. The maximum absolute atomic E-state index is 11.1. The van der Waals surface area contributed by atoms with E-state index in [1.807, 2.05) is 4.68 Å². The highest BCUT2D eigenvalue weighted by Crippen LogP contribution is 2.17. The van der Waals surface area contributed by atoms with Gasteiger partial charge in [-0.2, -0.15) is 5.10 Å². The van der Waals surface area contributed by atoms with E-state index in [1.54, 1.807) is 0 Å². The van der Waals surface area contributed by atoms with Gasteiger partial charge in [-0.05, 0) is 5.92 Å². The van der Waals surface area contributed by atoms with E-state index in [-0.39, 0.29) is 0 Å². The topological polar surface area (TPSA) is 46.9 Å². The number of carbonyl (C=O) groups is 1. The molecule has 0 saturated heterocycles. The molecule has 2 rings (SSSR count). The summed E-state index contributed by atoms with van der Waals surface area (Å²) in [4.78, 5) is 11.1. The van der Waals surface area contributed by atoms with Crippen LogP contribution in [0.4, 0.5) is 0 Å². The number of carbonyl (C=O) groups excluding carboxylic acids is 1. The van der Waals surface area contributed by atoms with Gasteiger partial charge in [-0.15, -0.1) is 0 Å². The van der Waals surface area contributed by atoms with E-state index in [9.17, 15) is 4.79 Å². The second kappa shape index (κ2) is 4.14. The van der Waals surface area contributed by atoms with Crippen molar-refractivity contribution in [2.75, 3.05) is 6.54 Å². The maximum atomic E-state index is 11.1. The summed E-state index contributed by atoms with van der Waals surface area (Å²) in [5, 5.41) is 7.78. The lowest BCUT2D eigenvalue weighted by molar-refractivity contribution is 0.111. The average molecular weight is 207 g/mol. The smallest absolute Gasteiger partial charge is 0.168 e. The molecule has 0 bridgehead atoms. The molecule has 2 heterocycles. The molecule has 0 spiro atoms. The molecule has 15 heavy (non-hydrogen) atoms. The summed E-state index contributed by atoms with van der Waals surface area (Å²) in [6, 6.07) is 0.